The van der Waals surface area contributed by atoms with Gasteiger partial charge in [-0.1, -0.05) is 50.3 Å². The Kier molecular flexibility index (Phi) is 8.93. The zero-order valence-electron chi connectivity index (χ0n) is 24.4. The Morgan fingerprint density at radius 2 is 1.91 bits per heavy atom. The number of nitrogens with zero attached hydrogens (tertiary/aromatic N) is 3. The molecule has 5 rings (SSSR count). The molecule has 0 radical (unpaired) electrons. The Balaban J connectivity index is 1.55. The van der Waals surface area contributed by atoms with Crippen LogP contribution in [0.15, 0.2) is 23.0 Å². The fourth-order valence-corrected chi connectivity index (χ4v) is 10.1. The lowest BCUT2D eigenvalue weighted by Crippen LogP contribution is -2.42. The van der Waals surface area contributed by atoms with Crippen molar-refractivity contribution in [2.75, 3.05) is 9.66 Å². The summed E-state index contributed by atoms with van der Waals surface area (Å²) < 4.78 is 4.37. The fraction of sp³-hybridized carbons (Fsp3) is 0.500. The average molecular weight is 756 g/mol. The first-order valence-electron chi connectivity index (χ1n) is 14.2. The summed E-state index contributed by atoms with van der Waals surface area (Å²) in [5.41, 5.74) is 1.33. The predicted molar refractivity (Wildman–Crippen MR) is 182 cm³/mol. The second kappa shape index (κ2) is 11.9. The average Bonchev–Trinajstić information content (AvgIpc) is 3.66. The molecule has 0 spiro atoms. The standard InChI is InChI=1S/C30H34IN3O6S3/c1-5-30(4,14-29(2,3)27(39)40)15-33-25(38)23(43-28(33)41)26-32(13-22(35)36)24(37)21(42-26)12-16-9-10-20-18(11-16)17-7-6-8-19(17)34(20)31/h9-12,17,19H,5-8,13-15H2,1-4H3,(H,35,36)(H,39,40)/b21-12-,26-23+. The topological polar surface area (TPSA) is 120 Å². The van der Waals surface area contributed by atoms with Crippen LogP contribution in [0.25, 0.3) is 11.0 Å². The maximum Gasteiger partial charge on any atom is 0.323 e. The monoisotopic (exact) mass is 755 g/mol. The molecule has 0 bridgehead atoms. The minimum absolute atomic E-state index is 0.215. The van der Waals surface area contributed by atoms with Crippen LogP contribution in [0, 0.1) is 10.8 Å². The normalized spacial score (nSPS) is 23.1. The predicted octanol–water partition coefficient (Wildman–Crippen LogP) is 4.52. The van der Waals surface area contributed by atoms with Crippen LogP contribution < -0.4 is 17.9 Å². The lowest BCUT2D eigenvalue weighted by atomic mass is 9.72. The van der Waals surface area contributed by atoms with E-state index in [1.165, 1.54) is 22.6 Å². The summed E-state index contributed by atoms with van der Waals surface area (Å²) >= 11 is 10.1. The number of hydrogen-bond acceptors (Lipinski definition) is 8. The van der Waals surface area contributed by atoms with Gasteiger partial charge in [-0.3, -0.25) is 28.6 Å². The highest BCUT2D eigenvalue weighted by Crippen LogP contribution is 2.51. The van der Waals surface area contributed by atoms with Crippen LogP contribution in [0.4, 0.5) is 5.69 Å². The van der Waals surface area contributed by atoms with Gasteiger partial charge in [0.1, 0.15) is 20.4 Å². The number of halogens is 1. The van der Waals surface area contributed by atoms with Gasteiger partial charge in [0.15, 0.2) is 0 Å². The number of thiocarbonyl (C=S) groups is 1. The first kappa shape index (κ1) is 32.2. The third-order valence-corrected chi connectivity index (χ3v) is 12.8. The van der Waals surface area contributed by atoms with Crippen LogP contribution in [0.1, 0.15) is 76.8 Å². The molecule has 230 valence electrons. The van der Waals surface area contributed by atoms with Gasteiger partial charge in [0.2, 0.25) is 0 Å². The Morgan fingerprint density at radius 3 is 2.56 bits per heavy atom. The molecule has 9 nitrogen and oxygen atoms in total. The Bertz CT molecular complexity index is 1720. The molecule has 3 heterocycles. The highest BCUT2D eigenvalue weighted by molar-refractivity contribution is 14.1. The molecule has 2 N–H and O–H groups in total. The Morgan fingerprint density at radius 1 is 1.19 bits per heavy atom. The number of thiazole rings is 1. The molecule has 3 aliphatic rings. The minimum atomic E-state index is -1.19. The summed E-state index contributed by atoms with van der Waals surface area (Å²) in [6.07, 6.45) is 6.21. The molecule has 3 atom stereocenters. The molecule has 1 saturated heterocycles. The van der Waals surface area contributed by atoms with Crippen LogP contribution in [0.5, 0.6) is 0 Å². The van der Waals surface area contributed by atoms with Gasteiger partial charge in [-0.2, -0.15) is 0 Å². The number of anilines is 1. The molecule has 1 aromatic carbocycles. The van der Waals surface area contributed by atoms with E-state index in [-0.39, 0.29) is 16.1 Å². The lowest BCUT2D eigenvalue weighted by Gasteiger charge is -2.37. The molecule has 1 aliphatic carbocycles. The second-order valence-corrected chi connectivity index (χ2v) is 16.3. The van der Waals surface area contributed by atoms with Crippen molar-refractivity contribution in [3.05, 3.63) is 48.9 Å². The van der Waals surface area contributed by atoms with E-state index >= 15 is 0 Å². The third-order valence-electron chi connectivity index (χ3n) is 8.84. The Labute approximate surface area is 277 Å². The summed E-state index contributed by atoms with van der Waals surface area (Å²) in [6, 6.07) is 6.66. The largest absolute Gasteiger partial charge is 0.481 e. The number of carbonyl (C=O) groups excluding carboxylic acids is 1. The van der Waals surface area contributed by atoms with E-state index in [2.05, 4.69) is 38.1 Å². The van der Waals surface area contributed by atoms with Crippen molar-refractivity contribution in [1.82, 2.24) is 9.47 Å². The number of benzene rings is 1. The van der Waals surface area contributed by atoms with Gasteiger partial charge in [0.05, 0.1) is 32.8 Å². The maximum atomic E-state index is 13.8. The van der Waals surface area contributed by atoms with Gasteiger partial charge >= 0.3 is 11.9 Å². The van der Waals surface area contributed by atoms with Crippen molar-refractivity contribution in [2.24, 2.45) is 10.8 Å². The van der Waals surface area contributed by atoms with Gasteiger partial charge in [-0.25, -0.2) is 0 Å². The molecule has 1 saturated carbocycles. The quantitative estimate of drug-likeness (QED) is 0.217. The van der Waals surface area contributed by atoms with E-state index in [1.807, 2.05) is 19.9 Å². The molecular weight excluding hydrogens is 721 g/mol. The number of amides is 1. The van der Waals surface area contributed by atoms with Crippen molar-refractivity contribution >= 4 is 97.0 Å². The van der Waals surface area contributed by atoms with Gasteiger partial charge in [-0.05, 0) is 74.3 Å². The van der Waals surface area contributed by atoms with Crippen LogP contribution in [0.2, 0.25) is 0 Å². The fourth-order valence-electron chi connectivity index (χ4n) is 6.51. The van der Waals surface area contributed by atoms with Crippen LogP contribution in [-0.4, -0.2) is 54.4 Å². The van der Waals surface area contributed by atoms with E-state index < -0.39 is 40.8 Å². The second-order valence-electron chi connectivity index (χ2n) is 12.6. The molecule has 1 aromatic heterocycles. The summed E-state index contributed by atoms with van der Waals surface area (Å²) in [7, 11) is 0. The lowest BCUT2D eigenvalue weighted by molar-refractivity contribution is -0.149. The SMILES string of the molecule is CCC(C)(CN1C(=O)/C(=c2\s/c(=C\c3ccc4c(c3)C3CCCC3N4I)c(=O)n2CC(=O)O)SC1=S)CC(C)(C)C(=O)O. The van der Waals surface area contributed by atoms with Crippen LogP contribution in [-0.2, 0) is 20.9 Å². The molecule has 2 aliphatic heterocycles. The van der Waals surface area contributed by atoms with Gasteiger partial charge in [0, 0.05) is 24.2 Å². The summed E-state index contributed by atoms with van der Waals surface area (Å²) in [4.78, 5) is 52.6. The number of aliphatic carboxylic acids is 2. The zero-order valence-corrected chi connectivity index (χ0v) is 29.0. The minimum Gasteiger partial charge on any atom is -0.481 e. The summed E-state index contributed by atoms with van der Waals surface area (Å²) in [5.74, 6) is -2.04. The van der Waals surface area contributed by atoms with Crippen molar-refractivity contribution < 1.29 is 24.6 Å². The van der Waals surface area contributed by atoms with E-state index in [0.29, 0.717) is 33.7 Å². The number of aromatic nitrogens is 1. The van der Waals surface area contributed by atoms with Gasteiger partial charge in [-0.15, -0.1) is 11.3 Å². The molecule has 1 amide bonds. The van der Waals surface area contributed by atoms with Crippen molar-refractivity contribution in [2.45, 2.75) is 78.3 Å². The molecular formula is C30H34IN3O6S3. The summed E-state index contributed by atoms with van der Waals surface area (Å²) in [5, 5.41) is 19.3. The van der Waals surface area contributed by atoms with Gasteiger partial charge < -0.3 is 13.3 Å². The van der Waals surface area contributed by atoms with E-state index in [9.17, 15) is 29.4 Å². The van der Waals surface area contributed by atoms with Crippen LogP contribution in [0.3, 0.4) is 0 Å². The van der Waals surface area contributed by atoms with Crippen molar-refractivity contribution in [3.8, 4) is 0 Å². The smallest absolute Gasteiger partial charge is 0.323 e. The maximum absolute atomic E-state index is 13.8. The number of hydrogen-bond donors (Lipinski definition) is 2. The van der Waals surface area contributed by atoms with E-state index in [1.54, 1.807) is 19.9 Å². The molecule has 2 aromatic rings. The number of rotatable bonds is 9. The highest BCUT2D eigenvalue weighted by Gasteiger charge is 2.43. The van der Waals surface area contributed by atoms with E-state index in [0.717, 1.165) is 46.1 Å². The van der Waals surface area contributed by atoms with Crippen molar-refractivity contribution in [3.63, 3.8) is 0 Å². The first-order chi connectivity index (χ1) is 20.2. The number of fused-ring (bicyclic) bond motifs is 3. The number of thioether (sulfide) groups is 1. The number of carboxylic acid groups (broad SMARTS) is 2. The van der Waals surface area contributed by atoms with Crippen molar-refractivity contribution in [1.29, 1.82) is 0 Å². The molecule has 3 unspecified atom stereocenters. The summed E-state index contributed by atoms with van der Waals surface area (Å²) in [6.45, 7) is 6.86. The molecule has 2 fully saturated rings. The third kappa shape index (κ3) is 6.06. The van der Waals surface area contributed by atoms with Gasteiger partial charge in [0.25, 0.3) is 11.5 Å². The molecule has 43 heavy (non-hydrogen) atoms. The van der Waals surface area contributed by atoms with E-state index in [4.69, 9.17) is 12.2 Å². The first-order valence-corrected chi connectivity index (χ1v) is 17.2. The Hall–Kier alpha value is -2.23. The number of carbonyl (C=O) groups is 3. The molecule has 13 heteroatoms. The van der Waals surface area contributed by atoms with Crippen LogP contribution >= 0.6 is 58.2 Å². The highest BCUT2D eigenvalue weighted by atomic mass is 127. The zero-order chi connectivity index (χ0) is 31.4. The number of carboxylic acids is 2.